The van der Waals surface area contributed by atoms with Crippen molar-refractivity contribution in [2.45, 2.75) is 39.2 Å². The summed E-state index contributed by atoms with van der Waals surface area (Å²) in [5, 5.41) is 8.81. The molecule has 1 aromatic carbocycles. The zero-order valence-electron chi connectivity index (χ0n) is 12.8. The summed E-state index contributed by atoms with van der Waals surface area (Å²) < 4.78 is 5.96. The zero-order valence-corrected chi connectivity index (χ0v) is 12.8. The van der Waals surface area contributed by atoms with E-state index in [-0.39, 0.29) is 6.10 Å². The number of morpholine rings is 1. The van der Waals surface area contributed by atoms with E-state index in [0.29, 0.717) is 6.61 Å². The quantitative estimate of drug-likeness (QED) is 0.812. The van der Waals surface area contributed by atoms with E-state index >= 15 is 0 Å². The van der Waals surface area contributed by atoms with Crippen LogP contribution in [0.25, 0.3) is 0 Å². The second-order valence-corrected chi connectivity index (χ2v) is 5.80. The summed E-state index contributed by atoms with van der Waals surface area (Å²) in [6.07, 6.45) is 3.41. The number of aryl methyl sites for hydroxylation is 2. The molecule has 0 radical (unpaired) electrons. The van der Waals surface area contributed by atoms with Crippen molar-refractivity contribution in [2.75, 3.05) is 32.8 Å². The van der Waals surface area contributed by atoms with E-state index in [9.17, 15) is 0 Å². The first-order chi connectivity index (χ1) is 9.70. The number of ether oxygens (including phenoxy) is 1. The van der Waals surface area contributed by atoms with Crippen molar-refractivity contribution in [3.05, 3.63) is 34.9 Å². The van der Waals surface area contributed by atoms with Crippen molar-refractivity contribution in [1.82, 2.24) is 4.90 Å². The molecule has 0 bridgehead atoms. The minimum Gasteiger partial charge on any atom is -0.396 e. The molecule has 1 N–H and O–H groups in total. The maximum atomic E-state index is 8.81. The highest BCUT2D eigenvalue weighted by Crippen LogP contribution is 2.25. The molecule has 1 aliphatic heterocycles. The molecule has 1 saturated heterocycles. The van der Waals surface area contributed by atoms with Crippen LogP contribution >= 0.6 is 0 Å². The van der Waals surface area contributed by atoms with Crippen molar-refractivity contribution >= 4 is 0 Å². The summed E-state index contributed by atoms with van der Waals surface area (Å²) in [4.78, 5) is 2.49. The Labute approximate surface area is 122 Å². The monoisotopic (exact) mass is 277 g/mol. The predicted molar refractivity (Wildman–Crippen MR) is 82.0 cm³/mol. The van der Waals surface area contributed by atoms with Crippen LogP contribution in [0.4, 0.5) is 0 Å². The fourth-order valence-electron chi connectivity index (χ4n) is 2.90. The molecule has 2 rings (SSSR count). The number of hydrogen-bond acceptors (Lipinski definition) is 3. The van der Waals surface area contributed by atoms with Crippen LogP contribution < -0.4 is 0 Å². The predicted octanol–water partition coefficient (Wildman–Crippen LogP) is 2.84. The van der Waals surface area contributed by atoms with Gasteiger partial charge in [-0.25, -0.2) is 0 Å². The minimum absolute atomic E-state index is 0.210. The van der Waals surface area contributed by atoms with Crippen molar-refractivity contribution in [1.29, 1.82) is 0 Å². The number of unbranched alkanes of at least 4 members (excludes halogenated alkanes) is 2. The lowest BCUT2D eigenvalue weighted by atomic mass is 10.00. The first kappa shape index (κ1) is 15.5. The van der Waals surface area contributed by atoms with E-state index in [1.165, 1.54) is 23.1 Å². The molecule has 3 nitrogen and oxygen atoms in total. The molecule has 0 amide bonds. The van der Waals surface area contributed by atoms with Gasteiger partial charge in [0.2, 0.25) is 0 Å². The van der Waals surface area contributed by atoms with E-state index in [4.69, 9.17) is 9.84 Å². The van der Waals surface area contributed by atoms with E-state index in [1.807, 2.05) is 0 Å². The van der Waals surface area contributed by atoms with Gasteiger partial charge >= 0.3 is 0 Å². The molecule has 1 aliphatic rings. The third-order valence-electron chi connectivity index (χ3n) is 4.06. The Hall–Kier alpha value is -0.900. The molecule has 1 aromatic rings. The van der Waals surface area contributed by atoms with Crippen LogP contribution in [0, 0.1) is 13.8 Å². The van der Waals surface area contributed by atoms with Gasteiger partial charge in [0.1, 0.15) is 0 Å². The minimum atomic E-state index is 0.210. The lowest BCUT2D eigenvalue weighted by Crippen LogP contribution is -2.39. The summed E-state index contributed by atoms with van der Waals surface area (Å²) in [6.45, 7) is 8.57. The normalized spacial score (nSPS) is 20.2. The average molecular weight is 277 g/mol. The van der Waals surface area contributed by atoms with Crippen LogP contribution in [0.2, 0.25) is 0 Å². The second kappa shape index (κ2) is 7.77. The molecule has 20 heavy (non-hydrogen) atoms. The molecule has 3 heteroatoms. The second-order valence-electron chi connectivity index (χ2n) is 5.80. The standard InChI is InChI=1S/C17H27NO2/c1-14-6-7-16(15(2)12-14)17-13-18(9-11-20-17)8-4-3-5-10-19/h6-7,12,17,19H,3-5,8-11,13H2,1-2H3. The fourth-order valence-corrected chi connectivity index (χ4v) is 2.90. The van der Waals surface area contributed by atoms with Crippen molar-refractivity contribution in [3.8, 4) is 0 Å². The lowest BCUT2D eigenvalue weighted by Gasteiger charge is -2.33. The van der Waals surface area contributed by atoms with E-state index in [2.05, 4.69) is 36.9 Å². The summed E-state index contributed by atoms with van der Waals surface area (Å²) in [7, 11) is 0. The fraction of sp³-hybridized carbons (Fsp3) is 0.647. The maximum absolute atomic E-state index is 8.81. The molecule has 0 spiro atoms. The van der Waals surface area contributed by atoms with Gasteiger partial charge in [0.05, 0.1) is 12.7 Å². The highest BCUT2D eigenvalue weighted by Gasteiger charge is 2.22. The summed E-state index contributed by atoms with van der Waals surface area (Å²) in [5.74, 6) is 0. The smallest absolute Gasteiger partial charge is 0.0954 e. The van der Waals surface area contributed by atoms with Gasteiger partial charge in [-0.05, 0) is 50.8 Å². The third-order valence-corrected chi connectivity index (χ3v) is 4.06. The molecule has 1 atom stereocenters. The Morgan fingerprint density at radius 1 is 1.25 bits per heavy atom. The van der Waals surface area contributed by atoms with Gasteiger partial charge in [-0.1, -0.05) is 23.8 Å². The number of aliphatic hydroxyl groups excluding tert-OH is 1. The first-order valence-electron chi connectivity index (χ1n) is 7.72. The van der Waals surface area contributed by atoms with Crippen LogP contribution in [0.15, 0.2) is 18.2 Å². The van der Waals surface area contributed by atoms with E-state index in [0.717, 1.165) is 39.1 Å². The van der Waals surface area contributed by atoms with Crippen molar-refractivity contribution in [2.24, 2.45) is 0 Å². The largest absolute Gasteiger partial charge is 0.396 e. The van der Waals surface area contributed by atoms with Crippen LogP contribution in [0.5, 0.6) is 0 Å². The molecule has 1 fully saturated rings. The van der Waals surface area contributed by atoms with Gasteiger partial charge in [-0.15, -0.1) is 0 Å². The third kappa shape index (κ3) is 4.30. The molecule has 112 valence electrons. The topological polar surface area (TPSA) is 32.7 Å². The Kier molecular flexibility index (Phi) is 6.02. The molecule has 1 unspecified atom stereocenters. The SMILES string of the molecule is Cc1ccc(C2CN(CCCCCO)CCO2)c(C)c1. The van der Waals surface area contributed by atoms with Gasteiger partial charge in [-0.3, -0.25) is 4.90 Å². The summed E-state index contributed by atoms with van der Waals surface area (Å²) in [6, 6.07) is 6.62. The molecular weight excluding hydrogens is 250 g/mol. The Morgan fingerprint density at radius 3 is 2.85 bits per heavy atom. The first-order valence-corrected chi connectivity index (χ1v) is 7.72. The van der Waals surface area contributed by atoms with Crippen LogP contribution in [0.3, 0.4) is 0 Å². The number of nitrogens with zero attached hydrogens (tertiary/aromatic N) is 1. The lowest BCUT2D eigenvalue weighted by molar-refractivity contribution is -0.0307. The van der Waals surface area contributed by atoms with Crippen LogP contribution in [0.1, 0.15) is 42.1 Å². The van der Waals surface area contributed by atoms with E-state index < -0.39 is 0 Å². The number of hydrogen-bond donors (Lipinski definition) is 1. The van der Waals surface area contributed by atoms with Gasteiger partial charge < -0.3 is 9.84 Å². The average Bonchev–Trinajstić information content (AvgIpc) is 2.44. The van der Waals surface area contributed by atoms with Gasteiger partial charge in [0.25, 0.3) is 0 Å². The molecular formula is C17H27NO2. The Morgan fingerprint density at radius 2 is 2.10 bits per heavy atom. The molecule has 0 aliphatic carbocycles. The van der Waals surface area contributed by atoms with Gasteiger partial charge in [0, 0.05) is 19.7 Å². The Bertz CT molecular complexity index is 419. The van der Waals surface area contributed by atoms with Crippen molar-refractivity contribution < 1.29 is 9.84 Å². The van der Waals surface area contributed by atoms with Crippen LogP contribution in [-0.2, 0) is 4.74 Å². The number of rotatable bonds is 6. The molecule has 0 saturated carbocycles. The maximum Gasteiger partial charge on any atom is 0.0954 e. The van der Waals surface area contributed by atoms with Crippen molar-refractivity contribution in [3.63, 3.8) is 0 Å². The molecule has 1 heterocycles. The Balaban J connectivity index is 1.89. The van der Waals surface area contributed by atoms with Gasteiger partial charge in [-0.2, -0.15) is 0 Å². The number of aliphatic hydroxyl groups is 1. The highest BCUT2D eigenvalue weighted by molar-refractivity contribution is 5.32. The summed E-state index contributed by atoms with van der Waals surface area (Å²) >= 11 is 0. The van der Waals surface area contributed by atoms with Gasteiger partial charge in [0.15, 0.2) is 0 Å². The van der Waals surface area contributed by atoms with E-state index in [1.54, 1.807) is 0 Å². The summed E-state index contributed by atoms with van der Waals surface area (Å²) in [5.41, 5.74) is 3.97. The number of benzene rings is 1. The highest BCUT2D eigenvalue weighted by atomic mass is 16.5. The van der Waals surface area contributed by atoms with Crippen LogP contribution in [-0.4, -0.2) is 42.9 Å². The zero-order chi connectivity index (χ0) is 14.4. The molecule has 0 aromatic heterocycles.